The predicted molar refractivity (Wildman–Crippen MR) is 285 cm³/mol. The number of rotatable bonds is 4. The van der Waals surface area contributed by atoms with Gasteiger partial charge in [-0.1, -0.05) is 120 Å². The van der Waals surface area contributed by atoms with Gasteiger partial charge in [0.15, 0.2) is 0 Å². The molecule has 8 aromatic carbocycles. The minimum atomic E-state index is -0.507. The van der Waals surface area contributed by atoms with Gasteiger partial charge in [0.05, 0.1) is 11.4 Å². The second-order valence-corrected chi connectivity index (χ2v) is 18.0. The number of anilines is 8. The summed E-state index contributed by atoms with van der Waals surface area (Å²) >= 11 is 0. The lowest BCUT2D eigenvalue weighted by molar-refractivity contribution is 0.209. The van der Waals surface area contributed by atoms with Crippen molar-refractivity contribution in [3.05, 3.63) is 216 Å². The largest absolute Gasteiger partial charge is 0.399 e. The maximum atomic E-state index is 12.0. The van der Waals surface area contributed by atoms with Gasteiger partial charge in [-0.3, -0.25) is 4.90 Å². The molecule has 1 heterocycles. The van der Waals surface area contributed by atoms with E-state index in [0.717, 1.165) is 45.3 Å². The lowest BCUT2D eigenvalue weighted by Gasteiger charge is -2.26. The molecule has 2 amide bonds. The van der Waals surface area contributed by atoms with Crippen molar-refractivity contribution < 1.29 is 4.79 Å². The van der Waals surface area contributed by atoms with Crippen molar-refractivity contribution in [1.82, 2.24) is 5.12 Å². The van der Waals surface area contributed by atoms with Crippen LogP contribution in [-0.2, 0) is 5.41 Å². The number of para-hydroxylation sites is 2. The summed E-state index contributed by atoms with van der Waals surface area (Å²) in [5.41, 5.74) is 47.1. The summed E-state index contributed by atoms with van der Waals surface area (Å²) < 4.78 is 0. The highest BCUT2D eigenvalue weighted by molar-refractivity contribution is 8.76. The van der Waals surface area contributed by atoms with Gasteiger partial charge < -0.3 is 34.4 Å². The Balaban J connectivity index is 0.000000148. The zero-order valence-corrected chi connectivity index (χ0v) is 38.8. The second kappa shape index (κ2) is 22.8. The van der Waals surface area contributed by atoms with E-state index in [9.17, 15) is 4.79 Å². The molecule has 16 N–H and O–H groups in total. The number of urea groups is 1. The monoisotopic (exact) mass is 922 g/mol. The Kier molecular flexibility index (Phi) is 16.5. The van der Waals surface area contributed by atoms with Crippen molar-refractivity contribution in [2.45, 2.75) is 29.1 Å². The quantitative estimate of drug-likeness (QED) is 0.0207. The Hall–Kier alpha value is -7.99. The SMILES string of the molecule is CC(C)(c1ccc(N)cc1)c1ccc(N)cc1.NN(N)C(=O)N(c1ccccc1)c1ccccc1.Nc1ccc(C#Cc2ccc(N)cc2)cc1.Nc1ccc2c(c1)SSc1cc(N)ccc1-2. The molecule has 0 atom stereocenters. The number of nitrogens with zero attached hydrogens (tertiary/aromatic N) is 2. The van der Waals surface area contributed by atoms with Gasteiger partial charge in [-0.25, -0.2) is 16.5 Å². The molecule has 67 heavy (non-hydrogen) atoms. The lowest BCUT2D eigenvalue weighted by Crippen LogP contribution is -2.49. The van der Waals surface area contributed by atoms with E-state index < -0.39 is 6.03 Å². The van der Waals surface area contributed by atoms with Crippen LogP contribution in [0.4, 0.5) is 50.3 Å². The molecule has 338 valence electrons. The van der Waals surface area contributed by atoms with Crippen LogP contribution in [0, 0.1) is 11.8 Å². The van der Waals surface area contributed by atoms with Crippen molar-refractivity contribution in [3.63, 3.8) is 0 Å². The fourth-order valence-corrected chi connectivity index (χ4v) is 9.08. The molecule has 0 fully saturated rings. The average molecular weight is 923 g/mol. The molecule has 0 unspecified atom stereocenters. The highest BCUT2D eigenvalue weighted by Gasteiger charge is 2.23. The minimum Gasteiger partial charge on any atom is -0.399 e. The summed E-state index contributed by atoms with van der Waals surface area (Å²) in [7, 11) is 3.47. The predicted octanol–water partition coefficient (Wildman–Crippen LogP) is 11.1. The van der Waals surface area contributed by atoms with Crippen LogP contribution < -0.4 is 51.0 Å². The maximum Gasteiger partial charge on any atom is 0.358 e. The number of hydrazine groups is 2. The maximum absolute atomic E-state index is 12.0. The summed E-state index contributed by atoms with van der Waals surface area (Å²) in [6.45, 7) is 4.40. The van der Waals surface area contributed by atoms with E-state index in [0.29, 0.717) is 16.5 Å². The standard InChI is InChI=1S/C15H18N2.C14H12N2.C13H14N4O.C12H10N2S2/c1-15(2,11-3-7-13(16)8-4-11)12-5-9-14(17)10-6-12;15-13-7-3-11(4-8-13)1-2-12-5-9-14(16)10-6-12;14-17(15)13(18)16(11-7-3-1-4-8-11)12-9-5-2-6-10-12;13-7-1-3-9-10-4-2-8(14)6-12(10)16-15-11(9)5-7/h3-10H,16-17H2,1-2H3;3-10H,15-16H2;1-10H,14-15H2;1-6H,13-14H2. The van der Waals surface area contributed by atoms with Crippen molar-refractivity contribution in [2.24, 2.45) is 11.7 Å². The van der Waals surface area contributed by atoms with Gasteiger partial charge in [0.1, 0.15) is 0 Å². The number of nitrogens with two attached hydrogens (primary N) is 8. The molecule has 0 saturated heterocycles. The van der Waals surface area contributed by atoms with Crippen LogP contribution in [0.5, 0.6) is 0 Å². The van der Waals surface area contributed by atoms with E-state index >= 15 is 0 Å². The molecule has 1 aliphatic rings. The summed E-state index contributed by atoms with van der Waals surface area (Å²) in [5, 5.41) is 0.569. The summed E-state index contributed by atoms with van der Waals surface area (Å²) in [5.74, 6) is 16.8. The second-order valence-electron chi connectivity index (χ2n) is 15.7. The number of amides is 2. The normalized spacial score (nSPS) is 10.9. The van der Waals surface area contributed by atoms with Crippen molar-refractivity contribution in [1.29, 1.82) is 0 Å². The Labute approximate surface area is 400 Å². The third kappa shape index (κ3) is 13.5. The first kappa shape index (κ1) is 48.5. The Bertz CT molecular complexity index is 2730. The third-order valence-electron chi connectivity index (χ3n) is 10.4. The number of hydrogen-bond donors (Lipinski definition) is 8. The van der Waals surface area contributed by atoms with Gasteiger partial charge in [0.2, 0.25) is 0 Å². The van der Waals surface area contributed by atoms with Gasteiger partial charge in [-0.05, 0) is 144 Å². The molecule has 0 saturated carbocycles. The highest BCUT2D eigenvalue weighted by Crippen LogP contribution is 2.51. The van der Waals surface area contributed by atoms with Crippen LogP contribution in [-0.4, -0.2) is 11.1 Å². The highest BCUT2D eigenvalue weighted by atomic mass is 33.1. The van der Waals surface area contributed by atoms with E-state index in [4.69, 9.17) is 46.1 Å². The van der Waals surface area contributed by atoms with Gasteiger partial charge in [0.25, 0.3) is 0 Å². The van der Waals surface area contributed by atoms with Crippen molar-refractivity contribution in [2.75, 3.05) is 39.3 Å². The molecule has 0 spiro atoms. The van der Waals surface area contributed by atoms with Crippen LogP contribution in [0.15, 0.2) is 204 Å². The van der Waals surface area contributed by atoms with Crippen LogP contribution in [0.2, 0.25) is 0 Å². The van der Waals surface area contributed by atoms with Gasteiger partial charge in [0, 0.05) is 60.5 Å². The summed E-state index contributed by atoms with van der Waals surface area (Å²) in [6, 6.07) is 61.0. The number of nitrogen functional groups attached to an aromatic ring is 6. The number of hydrogen-bond acceptors (Lipinski definition) is 11. The molecule has 0 radical (unpaired) electrons. The molecule has 0 bridgehead atoms. The molecule has 0 aromatic heterocycles. The molecular weight excluding hydrogens is 869 g/mol. The minimum absolute atomic E-state index is 0.0403. The zero-order valence-electron chi connectivity index (χ0n) is 37.2. The molecule has 0 aliphatic carbocycles. The van der Waals surface area contributed by atoms with Crippen molar-refractivity contribution in [3.8, 4) is 23.0 Å². The Morgan fingerprint density at radius 1 is 0.433 bits per heavy atom. The van der Waals surface area contributed by atoms with E-state index in [1.165, 1.54) is 36.9 Å². The molecular formula is C54H54N10OS2. The van der Waals surface area contributed by atoms with Crippen LogP contribution in [0.25, 0.3) is 11.1 Å². The Morgan fingerprint density at radius 2 is 0.746 bits per heavy atom. The molecule has 1 aliphatic heterocycles. The van der Waals surface area contributed by atoms with E-state index in [1.807, 2.05) is 158 Å². The van der Waals surface area contributed by atoms with Gasteiger partial charge in [-0.2, -0.15) is 5.12 Å². The number of carbonyl (C=O) groups is 1. The van der Waals surface area contributed by atoms with Crippen LogP contribution >= 0.6 is 21.6 Å². The zero-order chi connectivity index (χ0) is 47.9. The van der Waals surface area contributed by atoms with Crippen LogP contribution in [0.3, 0.4) is 0 Å². The van der Waals surface area contributed by atoms with Gasteiger partial charge in [-0.15, -0.1) is 0 Å². The fraction of sp³-hybridized carbons (Fsp3) is 0.0556. The molecule has 11 nitrogen and oxygen atoms in total. The number of fused-ring (bicyclic) bond motifs is 3. The molecule has 13 heteroatoms. The van der Waals surface area contributed by atoms with Crippen molar-refractivity contribution >= 4 is 73.1 Å². The lowest BCUT2D eigenvalue weighted by atomic mass is 9.78. The first-order valence-electron chi connectivity index (χ1n) is 21.0. The number of carbonyl (C=O) groups excluding carboxylic acids is 1. The Morgan fingerprint density at radius 3 is 1.07 bits per heavy atom. The molecule has 9 rings (SSSR count). The average Bonchev–Trinajstić information content (AvgIpc) is 3.33. The smallest absolute Gasteiger partial charge is 0.358 e. The van der Waals surface area contributed by atoms with Gasteiger partial charge >= 0.3 is 6.03 Å². The molecule has 8 aromatic rings. The van der Waals surface area contributed by atoms with E-state index in [1.54, 1.807) is 21.6 Å². The first-order valence-corrected chi connectivity index (χ1v) is 23.2. The van der Waals surface area contributed by atoms with E-state index in [-0.39, 0.29) is 5.41 Å². The topological polar surface area (TPSA) is 232 Å². The first-order chi connectivity index (χ1) is 32.2. The van der Waals surface area contributed by atoms with E-state index in [2.05, 4.69) is 62.1 Å². The van der Waals surface area contributed by atoms with Crippen LogP contribution in [0.1, 0.15) is 36.1 Å². The summed E-state index contributed by atoms with van der Waals surface area (Å²) in [4.78, 5) is 15.9. The fourth-order valence-electron chi connectivity index (χ4n) is 6.63. The number of benzene rings is 8. The summed E-state index contributed by atoms with van der Waals surface area (Å²) in [6.07, 6.45) is 0. The third-order valence-corrected chi connectivity index (χ3v) is 12.8.